The van der Waals surface area contributed by atoms with Crippen LogP contribution in [0.1, 0.15) is 21.2 Å². The Labute approximate surface area is 168 Å². The number of carbonyl (C=O) groups is 1. The third-order valence-electron chi connectivity index (χ3n) is 4.18. The summed E-state index contributed by atoms with van der Waals surface area (Å²) in [6, 6.07) is 13.1. The van der Waals surface area contributed by atoms with Gasteiger partial charge in [0.1, 0.15) is 10.6 Å². The molecular formula is C20H16N2O4S2. The van der Waals surface area contributed by atoms with E-state index in [9.17, 15) is 9.59 Å². The molecule has 0 aliphatic rings. The molecule has 0 saturated heterocycles. The van der Waals surface area contributed by atoms with Crippen LogP contribution in [0.4, 0.5) is 0 Å². The second-order valence-corrected chi connectivity index (χ2v) is 8.16. The number of aryl methyl sites for hydroxylation is 1. The number of hydrogen-bond acceptors (Lipinski definition) is 7. The maximum absolute atomic E-state index is 12.8. The minimum atomic E-state index is -0.522. The third kappa shape index (κ3) is 3.48. The van der Waals surface area contributed by atoms with E-state index < -0.39 is 5.97 Å². The van der Waals surface area contributed by atoms with Crippen molar-refractivity contribution >= 4 is 39.3 Å². The monoisotopic (exact) mass is 412 g/mol. The molecule has 4 aromatic rings. The van der Waals surface area contributed by atoms with E-state index in [0.717, 1.165) is 16.0 Å². The Hall–Kier alpha value is -2.84. The number of thioether (sulfide) groups is 1. The number of thiophene rings is 1. The molecule has 1 N–H and O–H groups in total. The highest BCUT2D eigenvalue weighted by atomic mass is 32.2. The molecule has 1 aromatic carbocycles. The smallest absolute Gasteiger partial charge is 0.373 e. The Bertz CT molecular complexity index is 1210. The second-order valence-electron chi connectivity index (χ2n) is 6.00. The highest BCUT2D eigenvalue weighted by molar-refractivity contribution is 7.98. The predicted octanol–water partition coefficient (Wildman–Crippen LogP) is 4.63. The fraction of sp³-hybridized carbons (Fsp3) is 0.150. The molecule has 0 fully saturated rings. The van der Waals surface area contributed by atoms with Gasteiger partial charge in [-0.3, -0.25) is 4.79 Å². The van der Waals surface area contributed by atoms with Crippen molar-refractivity contribution in [2.75, 3.05) is 7.11 Å². The van der Waals surface area contributed by atoms with Crippen LogP contribution in [0.3, 0.4) is 0 Å². The molecule has 142 valence electrons. The minimum absolute atomic E-state index is 0.149. The fourth-order valence-corrected chi connectivity index (χ4v) is 4.78. The minimum Gasteiger partial charge on any atom is -0.463 e. The summed E-state index contributed by atoms with van der Waals surface area (Å²) >= 11 is 2.85. The summed E-state index contributed by atoms with van der Waals surface area (Å²) in [4.78, 5) is 33.4. The molecule has 0 saturated carbocycles. The van der Waals surface area contributed by atoms with Gasteiger partial charge in [-0.2, -0.15) is 0 Å². The van der Waals surface area contributed by atoms with Crippen molar-refractivity contribution in [3.63, 3.8) is 0 Å². The Morgan fingerprint density at radius 2 is 2.04 bits per heavy atom. The maximum Gasteiger partial charge on any atom is 0.373 e. The van der Waals surface area contributed by atoms with E-state index in [1.165, 1.54) is 30.2 Å². The van der Waals surface area contributed by atoms with Gasteiger partial charge >= 0.3 is 5.97 Å². The molecule has 4 rings (SSSR count). The van der Waals surface area contributed by atoms with Gasteiger partial charge in [-0.05, 0) is 24.6 Å². The molecule has 0 aliphatic carbocycles. The quantitative estimate of drug-likeness (QED) is 0.292. The predicted molar refractivity (Wildman–Crippen MR) is 110 cm³/mol. The van der Waals surface area contributed by atoms with E-state index in [-0.39, 0.29) is 11.3 Å². The molecule has 0 aliphatic heterocycles. The molecule has 0 unspecified atom stereocenters. The molecule has 3 heterocycles. The van der Waals surface area contributed by atoms with Crippen LogP contribution in [0.2, 0.25) is 0 Å². The van der Waals surface area contributed by atoms with Crippen LogP contribution < -0.4 is 5.56 Å². The van der Waals surface area contributed by atoms with E-state index in [0.29, 0.717) is 26.9 Å². The van der Waals surface area contributed by atoms with E-state index in [1.54, 1.807) is 12.1 Å². The van der Waals surface area contributed by atoms with Gasteiger partial charge in [-0.1, -0.05) is 42.1 Å². The lowest BCUT2D eigenvalue weighted by atomic mass is 10.0. The molecule has 8 heteroatoms. The number of aromatic amines is 1. The number of benzene rings is 1. The zero-order valence-corrected chi connectivity index (χ0v) is 16.8. The summed E-state index contributed by atoms with van der Waals surface area (Å²) in [6.07, 6.45) is 0. The number of aromatic nitrogens is 2. The summed E-state index contributed by atoms with van der Waals surface area (Å²) in [5.41, 5.74) is 1.77. The summed E-state index contributed by atoms with van der Waals surface area (Å²) < 4.78 is 10.1. The van der Waals surface area contributed by atoms with Gasteiger partial charge < -0.3 is 14.1 Å². The van der Waals surface area contributed by atoms with Crippen molar-refractivity contribution in [1.29, 1.82) is 0 Å². The molecule has 0 radical (unpaired) electrons. The number of esters is 1. The van der Waals surface area contributed by atoms with E-state index in [1.807, 2.05) is 37.3 Å². The van der Waals surface area contributed by atoms with Gasteiger partial charge in [0.05, 0.1) is 18.2 Å². The number of rotatable bonds is 5. The first-order chi connectivity index (χ1) is 13.6. The highest BCUT2D eigenvalue weighted by Crippen LogP contribution is 2.36. The van der Waals surface area contributed by atoms with Crippen molar-refractivity contribution < 1.29 is 13.9 Å². The van der Waals surface area contributed by atoms with Gasteiger partial charge in [-0.15, -0.1) is 11.3 Å². The van der Waals surface area contributed by atoms with Crippen molar-refractivity contribution in [1.82, 2.24) is 9.97 Å². The second kappa shape index (κ2) is 7.65. The standard InChI is InChI=1S/C20H16N2O4S2/c1-11-15(12-6-4-3-5-7-12)16-17(23)21-20(22-18(16)28-11)27-10-13-8-9-14(26-13)19(24)25-2/h3-9H,10H2,1-2H3,(H,21,22,23). The Morgan fingerprint density at radius 3 is 2.79 bits per heavy atom. The number of methoxy groups -OCH3 is 1. The first-order valence-corrected chi connectivity index (χ1v) is 10.3. The lowest BCUT2D eigenvalue weighted by Gasteiger charge is -2.02. The fourth-order valence-electron chi connectivity index (χ4n) is 2.93. The van der Waals surface area contributed by atoms with E-state index >= 15 is 0 Å². The van der Waals surface area contributed by atoms with Crippen LogP contribution in [0.25, 0.3) is 21.3 Å². The number of nitrogens with one attached hydrogen (secondary N) is 1. The molecule has 28 heavy (non-hydrogen) atoms. The number of fused-ring (bicyclic) bond motifs is 1. The molecule has 3 aromatic heterocycles. The third-order valence-corrected chi connectivity index (χ3v) is 6.07. The largest absolute Gasteiger partial charge is 0.463 e. The Morgan fingerprint density at radius 1 is 1.25 bits per heavy atom. The lowest BCUT2D eigenvalue weighted by Crippen LogP contribution is -2.08. The van der Waals surface area contributed by atoms with Crippen molar-refractivity contribution in [3.05, 3.63) is 69.2 Å². The average Bonchev–Trinajstić information content (AvgIpc) is 3.30. The maximum atomic E-state index is 12.8. The number of carbonyl (C=O) groups excluding carboxylic acids is 1. The summed E-state index contributed by atoms with van der Waals surface area (Å²) in [5, 5.41) is 1.12. The molecular weight excluding hydrogens is 396 g/mol. The van der Waals surface area contributed by atoms with Gasteiger partial charge in [0, 0.05) is 10.4 Å². The molecule has 0 spiro atoms. The van der Waals surface area contributed by atoms with Crippen LogP contribution in [0, 0.1) is 6.92 Å². The van der Waals surface area contributed by atoms with Gasteiger partial charge in [0.25, 0.3) is 5.56 Å². The molecule has 0 amide bonds. The number of hydrogen-bond donors (Lipinski definition) is 1. The molecule has 6 nitrogen and oxygen atoms in total. The summed E-state index contributed by atoms with van der Waals surface area (Å²) in [6.45, 7) is 2.00. The van der Waals surface area contributed by atoms with Crippen molar-refractivity contribution in [2.24, 2.45) is 0 Å². The number of ether oxygens (including phenoxy) is 1. The Kier molecular flexibility index (Phi) is 5.06. The molecule has 0 bridgehead atoms. The van der Waals surface area contributed by atoms with E-state index in [2.05, 4.69) is 14.7 Å². The topological polar surface area (TPSA) is 85.2 Å². The van der Waals surface area contributed by atoms with E-state index in [4.69, 9.17) is 4.42 Å². The molecule has 0 atom stereocenters. The number of nitrogens with zero attached hydrogens (tertiary/aromatic N) is 1. The average molecular weight is 412 g/mol. The SMILES string of the molecule is COC(=O)c1ccc(CSc2nc3sc(C)c(-c4ccccc4)c3c(=O)[nH]2)o1. The first kappa shape index (κ1) is 18.5. The number of furan rings is 1. The van der Waals surface area contributed by atoms with Crippen LogP contribution in [-0.4, -0.2) is 23.0 Å². The normalized spacial score (nSPS) is 11.1. The zero-order valence-electron chi connectivity index (χ0n) is 15.1. The lowest BCUT2D eigenvalue weighted by molar-refractivity contribution is 0.0563. The van der Waals surface area contributed by atoms with Crippen molar-refractivity contribution in [3.8, 4) is 11.1 Å². The highest BCUT2D eigenvalue weighted by Gasteiger charge is 2.17. The van der Waals surface area contributed by atoms with Gasteiger partial charge in [-0.25, -0.2) is 9.78 Å². The van der Waals surface area contributed by atoms with Crippen LogP contribution >= 0.6 is 23.1 Å². The number of H-pyrrole nitrogens is 1. The first-order valence-electron chi connectivity index (χ1n) is 8.45. The Balaban J connectivity index is 1.63. The van der Waals surface area contributed by atoms with Crippen LogP contribution in [-0.2, 0) is 10.5 Å². The zero-order chi connectivity index (χ0) is 19.7. The van der Waals surface area contributed by atoms with Gasteiger partial charge in [0.2, 0.25) is 5.76 Å². The van der Waals surface area contributed by atoms with Gasteiger partial charge in [0.15, 0.2) is 5.16 Å². The van der Waals surface area contributed by atoms with Crippen LogP contribution in [0.15, 0.2) is 56.8 Å². The summed E-state index contributed by atoms with van der Waals surface area (Å²) in [7, 11) is 1.30. The van der Waals surface area contributed by atoms with Crippen molar-refractivity contribution in [2.45, 2.75) is 17.8 Å². The summed E-state index contributed by atoms with van der Waals surface area (Å²) in [5.74, 6) is 0.657. The van der Waals surface area contributed by atoms with Crippen LogP contribution in [0.5, 0.6) is 0 Å².